The predicted octanol–water partition coefficient (Wildman–Crippen LogP) is 2.76. The fraction of sp³-hybridized carbons (Fsp3) is 0.333. The molecule has 1 heterocycles. The third-order valence-electron chi connectivity index (χ3n) is 3.24. The molecule has 2 rings (SSSR count). The molecule has 21 heavy (non-hydrogen) atoms. The van der Waals surface area contributed by atoms with Gasteiger partial charge in [0, 0.05) is 5.56 Å². The predicted molar refractivity (Wildman–Crippen MR) is 79.8 cm³/mol. The summed E-state index contributed by atoms with van der Waals surface area (Å²) < 4.78 is 8.78. The van der Waals surface area contributed by atoms with Gasteiger partial charge in [0.1, 0.15) is 0 Å². The molecule has 5 nitrogen and oxygen atoms in total. The van der Waals surface area contributed by atoms with Crippen molar-refractivity contribution in [1.82, 2.24) is 9.59 Å². The second-order valence-corrected chi connectivity index (χ2v) is 5.45. The normalized spacial score (nSPS) is 10.4. The van der Waals surface area contributed by atoms with Crippen molar-refractivity contribution < 1.29 is 14.3 Å². The molecule has 1 aromatic heterocycles. The molecule has 0 N–H and O–H groups in total. The van der Waals surface area contributed by atoms with Crippen molar-refractivity contribution in [2.24, 2.45) is 0 Å². The molecule has 0 aliphatic carbocycles. The molecule has 0 saturated carbocycles. The maximum absolute atomic E-state index is 12.0. The Bertz CT molecular complexity index is 679. The molecule has 0 bridgehead atoms. The first kappa shape index (κ1) is 15.3. The fourth-order valence-corrected chi connectivity index (χ4v) is 2.43. The monoisotopic (exact) mass is 304 g/mol. The van der Waals surface area contributed by atoms with Gasteiger partial charge in [-0.25, -0.2) is 4.79 Å². The minimum atomic E-state index is -0.543. The minimum absolute atomic E-state index is 0.220. The number of aryl methyl sites for hydroxylation is 3. The highest BCUT2D eigenvalue weighted by Crippen LogP contribution is 2.14. The Labute approximate surface area is 127 Å². The van der Waals surface area contributed by atoms with Crippen LogP contribution in [0.2, 0.25) is 0 Å². The molecule has 0 unspecified atom stereocenters. The lowest BCUT2D eigenvalue weighted by Crippen LogP contribution is -2.14. The highest BCUT2D eigenvalue weighted by atomic mass is 32.1. The first-order chi connectivity index (χ1) is 10.0. The van der Waals surface area contributed by atoms with Gasteiger partial charge >= 0.3 is 5.97 Å². The van der Waals surface area contributed by atoms with Crippen LogP contribution in [0, 0.1) is 13.8 Å². The van der Waals surface area contributed by atoms with E-state index in [0.29, 0.717) is 22.6 Å². The van der Waals surface area contributed by atoms with Crippen LogP contribution < -0.4 is 0 Å². The summed E-state index contributed by atoms with van der Waals surface area (Å²) in [7, 11) is 0. The highest BCUT2D eigenvalue weighted by Gasteiger charge is 2.18. The Morgan fingerprint density at radius 2 is 2.00 bits per heavy atom. The van der Waals surface area contributed by atoms with E-state index in [1.165, 1.54) is 0 Å². The van der Waals surface area contributed by atoms with E-state index in [2.05, 4.69) is 9.59 Å². The summed E-state index contributed by atoms with van der Waals surface area (Å²) >= 11 is 0.987. The van der Waals surface area contributed by atoms with E-state index in [-0.39, 0.29) is 12.4 Å². The number of Topliss-reactive ketones (excluding diaryl/α,β-unsaturated/α-hetero) is 1. The van der Waals surface area contributed by atoms with Crippen molar-refractivity contribution in [2.75, 3.05) is 6.61 Å². The summed E-state index contributed by atoms with van der Waals surface area (Å²) in [6.45, 7) is 5.53. The number of carbonyl (C=O) groups is 2. The molecule has 0 aliphatic rings. The van der Waals surface area contributed by atoms with Crippen molar-refractivity contribution in [3.63, 3.8) is 0 Å². The van der Waals surface area contributed by atoms with Crippen molar-refractivity contribution in [3.8, 4) is 0 Å². The van der Waals surface area contributed by atoms with Gasteiger partial charge in [-0.2, -0.15) is 0 Å². The zero-order chi connectivity index (χ0) is 15.4. The van der Waals surface area contributed by atoms with Crippen LogP contribution in [-0.4, -0.2) is 27.9 Å². The molecule has 0 atom stereocenters. The van der Waals surface area contributed by atoms with Gasteiger partial charge in [-0.15, -0.1) is 5.10 Å². The molecule has 0 spiro atoms. The maximum atomic E-state index is 12.0. The lowest BCUT2D eigenvalue weighted by molar-refractivity contribution is 0.0478. The molecule has 0 radical (unpaired) electrons. The topological polar surface area (TPSA) is 69.2 Å². The average molecular weight is 304 g/mol. The fourth-order valence-electron chi connectivity index (χ4n) is 1.79. The van der Waals surface area contributed by atoms with Gasteiger partial charge in [0.15, 0.2) is 17.3 Å². The molecule has 6 heteroatoms. The Morgan fingerprint density at radius 3 is 2.67 bits per heavy atom. The zero-order valence-electron chi connectivity index (χ0n) is 12.2. The largest absolute Gasteiger partial charge is 0.453 e. The van der Waals surface area contributed by atoms with Crippen molar-refractivity contribution >= 4 is 23.3 Å². The van der Waals surface area contributed by atoms with Crippen LogP contribution in [-0.2, 0) is 11.2 Å². The van der Waals surface area contributed by atoms with Crippen molar-refractivity contribution in [2.45, 2.75) is 27.2 Å². The Balaban J connectivity index is 2.01. The molecule has 1 aromatic carbocycles. The van der Waals surface area contributed by atoms with Gasteiger partial charge in [0.2, 0.25) is 0 Å². The number of esters is 1. The van der Waals surface area contributed by atoms with E-state index in [1.54, 1.807) is 12.1 Å². The molecule has 0 amide bonds. The third kappa shape index (κ3) is 3.52. The minimum Gasteiger partial charge on any atom is -0.453 e. The van der Waals surface area contributed by atoms with E-state index >= 15 is 0 Å². The van der Waals surface area contributed by atoms with E-state index in [0.717, 1.165) is 22.7 Å². The first-order valence-corrected chi connectivity index (χ1v) is 7.39. The highest BCUT2D eigenvalue weighted by molar-refractivity contribution is 7.07. The van der Waals surface area contributed by atoms with Gasteiger partial charge < -0.3 is 4.74 Å². The average Bonchev–Trinajstić information content (AvgIpc) is 2.95. The molecule has 0 aliphatic heterocycles. The van der Waals surface area contributed by atoms with E-state index in [4.69, 9.17) is 4.74 Å². The van der Waals surface area contributed by atoms with E-state index in [1.807, 2.05) is 26.8 Å². The summed E-state index contributed by atoms with van der Waals surface area (Å²) in [5, 5.41) is 3.85. The van der Waals surface area contributed by atoms with Crippen LogP contribution in [0.4, 0.5) is 0 Å². The Kier molecular flexibility index (Phi) is 4.80. The van der Waals surface area contributed by atoms with Gasteiger partial charge in [0.25, 0.3) is 0 Å². The maximum Gasteiger partial charge on any atom is 0.352 e. The van der Waals surface area contributed by atoms with Crippen molar-refractivity contribution in [1.29, 1.82) is 0 Å². The van der Waals surface area contributed by atoms with Crippen LogP contribution in [0.25, 0.3) is 0 Å². The zero-order valence-corrected chi connectivity index (χ0v) is 13.0. The summed E-state index contributed by atoms with van der Waals surface area (Å²) in [6, 6.07) is 5.42. The van der Waals surface area contributed by atoms with Crippen LogP contribution in [0.5, 0.6) is 0 Å². The SMILES string of the molecule is CCc1nnsc1C(=O)OCC(=O)c1ccc(C)c(C)c1. The lowest BCUT2D eigenvalue weighted by Gasteiger charge is -2.05. The molecule has 110 valence electrons. The number of rotatable bonds is 5. The number of hydrogen-bond donors (Lipinski definition) is 0. The summed E-state index contributed by atoms with van der Waals surface area (Å²) in [5.41, 5.74) is 3.30. The summed E-state index contributed by atoms with van der Waals surface area (Å²) in [6.07, 6.45) is 0.603. The second kappa shape index (κ2) is 6.58. The first-order valence-electron chi connectivity index (χ1n) is 6.61. The van der Waals surface area contributed by atoms with Crippen LogP contribution in [0.1, 0.15) is 43.8 Å². The number of nitrogens with zero attached hydrogens (tertiary/aromatic N) is 2. The van der Waals surface area contributed by atoms with Crippen LogP contribution >= 0.6 is 11.5 Å². The third-order valence-corrected chi connectivity index (χ3v) is 3.99. The number of ketones is 1. The van der Waals surface area contributed by atoms with Gasteiger partial charge in [-0.3, -0.25) is 4.79 Å². The number of ether oxygens (including phenoxy) is 1. The molecule has 0 saturated heterocycles. The Hall–Kier alpha value is -2.08. The van der Waals surface area contributed by atoms with Gasteiger partial charge in [0.05, 0.1) is 5.69 Å². The van der Waals surface area contributed by atoms with Crippen molar-refractivity contribution in [3.05, 3.63) is 45.5 Å². The number of benzene rings is 1. The van der Waals surface area contributed by atoms with Crippen LogP contribution in [0.3, 0.4) is 0 Å². The second-order valence-electron chi connectivity index (χ2n) is 4.70. The molecule has 0 fully saturated rings. The standard InChI is InChI=1S/C15H16N2O3S/c1-4-12-14(21-17-16-12)15(19)20-8-13(18)11-6-5-9(2)10(3)7-11/h5-7H,4,8H2,1-3H3. The molecule has 2 aromatic rings. The van der Waals surface area contributed by atoms with Gasteiger partial charge in [-0.1, -0.05) is 23.5 Å². The summed E-state index contributed by atoms with van der Waals surface area (Å²) in [5.74, 6) is -0.763. The van der Waals surface area contributed by atoms with E-state index in [9.17, 15) is 9.59 Å². The number of carbonyl (C=O) groups excluding carboxylic acids is 2. The number of hydrogen-bond acceptors (Lipinski definition) is 6. The Morgan fingerprint density at radius 1 is 1.24 bits per heavy atom. The summed E-state index contributed by atoms with van der Waals surface area (Å²) in [4.78, 5) is 24.3. The molecular formula is C15H16N2O3S. The van der Waals surface area contributed by atoms with Gasteiger partial charge in [-0.05, 0) is 49.0 Å². The van der Waals surface area contributed by atoms with E-state index < -0.39 is 5.97 Å². The quantitative estimate of drug-likeness (QED) is 0.627. The number of aromatic nitrogens is 2. The van der Waals surface area contributed by atoms with Crippen LogP contribution in [0.15, 0.2) is 18.2 Å². The lowest BCUT2D eigenvalue weighted by atomic mass is 10.0. The smallest absolute Gasteiger partial charge is 0.352 e. The molecular weight excluding hydrogens is 288 g/mol.